The van der Waals surface area contributed by atoms with Crippen LogP contribution in [0.15, 0.2) is 30.5 Å². The second-order valence-electron chi connectivity index (χ2n) is 14.7. The number of nitrogens with zero attached hydrogens (tertiary/aromatic N) is 5. The lowest BCUT2D eigenvalue weighted by molar-refractivity contribution is -0.155. The molecule has 0 aliphatic carbocycles. The smallest absolute Gasteiger partial charge is 0.460 e. The largest absolute Gasteiger partial charge is 0.495 e. The topological polar surface area (TPSA) is 142 Å². The summed E-state index contributed by atoms with van der Waals surface area (Å²) in [6.45, 7) is 14.3. The number of alkyl halides is 1. The Morgan fingerprint density at radius 3 is 2.45 bits per heavy atom. The van der Waals surface area contributed by atoms with Gasteiger partial charge in [0.25, 0.3) is 5.91 Å². The van der Waals surface area contributed by atoms with E-state index >= 15 is 0 Å². The van der Waals surface area contributed by atoms with Gasteiger partial charge in [-0.1, -0.05) is 12.1 Å². The minimum atomic E-state index is -0.956. The maximum Gasteiger partial charge on any atom is 0.495 e. The van der Waals surface area contributed by atoms with E-state index in [2.05, 4.69) is 5.10 Å². The van der Waals surface area contributed by atoms with E-state index in [4.69, 9.17) is 24.8 Å². The van der Waals surface area contributed by atoms with Gasteiger partial charge in [0.15, 0.2) is 5.65 Å². The summed E-state index contributed by atoms with van der Waals surface area (Å²) in [7, 11) is -0.658. The lowest BCUT2D eigenvalue weighted by Gasteiger charge is -2.35. The zero-order valence-electron chi connectivity index (χ0n) is 28.0. The predicted molar refractivity (Wildman–Crippen MR) is 174 cm³/mol. The number of carbonyl (C=O) groups excluding carboxylic acids is 3. The number of nitrogens with two attached hydrogens (primary N) is 1. The maximum atomic E-state index is 13.9. The number of pyridine rings is 1. The van der Waals surface area contributed by atoms with E-state index in [1.165, 1.54) is 4.90 Å². The maximum absolute atomic E-state index is 13.9. The zero-order chi connectivity index (χ0) is 34.1. The molecule has 3 aliphatic heterocycles. The Hall–Kier alpha value is -4.04. The van der Waals surface area contributed by atoms with Crippen molar-refractivity contribution >= 4 is 47.2 Å². The minimum Gasteiger partial charge on any atom is -0.460 e. The van der Waals surface area contributed by atoms with Crippen LogP contribution in [-0.2, 0) is 36.7 Å². The fourth-order valence-electron chi connectivity index (χ4n) is 6.13. The molecule has 2 aromatic heterocycles. The second kappa shape index (κ2) is 11.6. The molecule has 6 rings (SSSR count). The Morgan fingerprint density at radius 2 is 1.83 bits per heavy atom. The van der Waals surface area contributed by atoms with Crippen molar-refractivity contribution in [3.05, 3.63) is 47.2 Å². The van der Waals surface area contributed by atoms with E-state index < -0.39 is 48.0 Å². The monoisotopic (exact) mass is 648 g/mol. The van der Waals surface area contributed by atoms with Crippen LogP contribution in [0.1, 0.15) is 82.8 Å². The Kier molecular flexibility index (Phi) is 8.11. The molecule has 0 unspecified atom stereocenters. The highest BCUT2D eigenvalue weighted by Gasteiger charge is 2.52. The third-order valence-corrected chi connectivity index (χ3v) is 9.38. The number of aromatic nitrogens is 3. The SMILES string of the molecule is CC(C)(C)OC(=O)CC[C@@H](C(N)=O)N1Cc2cc(Cn3ncc4c(B5OC(C)(C)C(C)(C)O5)cc(N5CC(F)C5)nc43)ccc2C1=O. The first-order valence-corrected chi connectivity index (χ1v) is 16.0. The Morgan fingerprint density at radius 1 is 1.15 bits per heavy atom. The number of hydrogen-bond acceptors (Lipinski definition) is 9. The van der Waals surface area contributed by atoms with Crippen LogP contribution >= 0.6 is 0 Å². The van der Waals surface area contributed by atoms with Crippen LogP contribution in [0.5, 0.6) is 0 Å². The predicted octanol–water partition coefficient (Wildman–Crippen LogP) is 2.87. The average molecular weight is 649 g/mol. The number of amides is 2. The average Bonchev–Trinajstić information content (AvgIpc) is 3.56. The van der Waals surface area contributed by atoms with Crippen LogP contribution < -0.4 is 16.1 Å². The van der Waals surface area contributed by atoms with Crippen LogP contribution in [-0.4, -0.2) is 86.7 Å². The summed E-state index contributed by atoms with van der Waals surface area (Å²) in [4.78, 5) is 46.3. The fraction of sp³-hybridized carbons (Fsp3) is 0.545. The van der Waals surface area contributed by atoms with Crippen molar-refractivity contribution in [2.45, 2.75) is 103 Å². The highest BCUT2D eigenvalue weighted by molar-refractivity contribution is 6.65. The Bertz CT molecular complexity index is 1730. The van der Waals surface area contributed by atoms with Gasteiger partial charge in [0.2, 0.25) is 5.91 Å². The van der Waals surface area contributed by atoms with Gasteiger partial charge in [-0.2, -0.15) is 5.10 Å². The van der Waals surface area contributed by atoms with E-state index in [9.17, 15) is 18.8 Å². The minimum absolute atomic E-state index is 0.0467. The zero-order valence-corrected chi connectivity index (χ0v) is 28.0. The van der Waals surface area contributed by atoms with Crippen molar-refractivity contribution < 1.29 is 32.8 Å². The number of hydrogen-bond donors (Lipinski definition) is 1. The van der Waals surface area contributed by atoms with Crippen molar-refractivity contribution in [1.29, 1.82) is 0 Å². The number of primary amides is 1. The molecular formula is C33H42BFN6O6. The molecule has 12 nitrogen and oxygen atoms in total. The molecule has 3 aliphatic rings. The first kappa shape index (κ1) is 32.9. The summed E-state index contributed by atoms with van der Waals surface area (Å²) in [5, 5.41) is 5.43. The number of halogens is 1. The van der Waals surface area contributed by atoms with Crippen LogP contribution in [0.25, 0.3) is 11.0 Å². The molecule has 3 aromatic rings. The molecule has 0 bridgehead atoms. The number of esters is 1. The molecule has 47 heavy (non-hydrogen) atoms. The third kappa shape index (κ3) is 6.32. The highest BCUT2D eigenvalue weighted by atomic mass is 19.1. The van der Waals surface area contributed by atoms with Crippen molar-refractivity contribution in [2.24, 2.45) is 5.73 Å². The fourth-order valence-corrected chi connectivity index (χ4v) is 6.13. The molecule has 2 amide bonds. The summed E-state index contributed by atoms with van der Waals surface area (Å²) in [5.41, 5.74) is 7.39. The van der Waals surface area contributed by atoms with Gasteiger partial charge in [0.05, 0.1) is 37.0 Å². The van der Waals surface area contributed by atoms with Gasteiger partial charge in [0, 0.05) is 23.9 Å². The van der Waals surface area contributed by atoms with E-state index in [-0.39, 0.29) is 38.4 Å². The number of carbonyl (C=O) groups is 3. The van der Waals surface area contributed by atoms with Crippen LogP contribution in [0, 0.1) is 0 Å². The van der Waals surface area contributed by atoms with Gasteiger partial charge in [-0.15, -0.1) is 0 Å². The summed E-state index contributed by atoms with van der Waals surface area (Å²) >= 11 is 0. The first-order chi connectivity index (χ1) is 21.9. The quantitative estimate of drug-likeness (QED) is 0.274. The molecular weight excluding hydrogens is 606 g/mol. The Labute approximate surface area is 273 Å². The second-order valence-corrected chi connectivity index (χ2v) is 14.7. The van der Waals surface area contributed by atoms with Crippen LogP contribution in [0.4, 0.5) is 10.2 Å². The first-order valence-electron chi connectivity index (χ1n) is 16.0. The normalized spacial score (nSPS) is 19.7. The van der Waals surface area contributed by atoms with E-state index in [1.807, 2.05) is 50.8 Å². The van der Waals surface area contributed by atoms with E-state index in [0.717, 1.165) is 22.0 Å². The number of ether oxygens (including phenoxy) is 1. The number of anilines is 1. The van der Waals surface area contributed by atoms with Crippen molar-refractivity contribution in [2.75, 3.05) is 18.0 Å². The van der Waals surface area contributed by atoms with Gasteiger partial charge < -0.3 is 29.6 Å². The molecule has 0 spiro atoms. The number of rotatable bonds is 9. The van der Waals surface area contributed by atoms with Gasteiger partial charge in [-0.05, 0) is 83.6 Å². The molecule has 1 atom stereocenters. The molecule has 5 heterocycles. The molecule has 2 N–H and O–H groups in total. The van der Waals surface area contributed by atoms with Crippen molar-refractivity contribution in [1.82, 2.24) is 19.7 Å². The van der Waals surface area contributed by atoms with Crippen molar-refractivity contribution in [3.8, 4) is 0 Å². The van der Waals surface area contributed by atoms with E-state index in [1.54, 1.807) is 37.7 Å². The summed E-state index contributed by atoms with van der Waals surface area (Å²) < 4.78 is 33.7. The summed E-state index contributed by atoms with van der Waals surface area (Å²) in [5.74, 6) is -0.835. The lowest BCUT2D eigenvalue weighted by Crippen LogP contribution is -2.49. The Balaban J connectivity index is 1.25. The van der Waals surface area contributed by atoms with Crippen LogP contribution in [0.3, 0.4) is 0 Å². The lowest BCUT2D eigenvalue weighted by atomic mass is 9.77. The third-order valence-electron chi connectivity index (χ3n) is 9.38. The van der Waals surface area contributed by atoms with Crippen LogP contribution in [0.2, 0.25) is 0 Å². The molecule has 14 heteroatoms. The molecule has 250 valence electrons. The van der Waals surface area contributed by atoms with E-state index in [0.29, 0.717) is 23.6 Å². The standard InChI is InChI=1S/C33H42BFN6O6/c1-31(2,3)45-27(42)11-10-25(28(36)43)40-16-20-12-19(8-9-22(20)30(40)44)15-41-29-23(14-37-41)24(13-26(38-29)39-17-21(35)18-39)34-46-32(4,5)33(6,7)47-34/h8-9,12-14,21,25H,10-11,15-18H2,1-7H3,(H2,36,43)/t25-/m0/s1. The van der Waals surface area contributed by atoms with Gasteiger partial charge >= 0.3 is 13.1 Å². The summed E-state index contributed by atoms with van der Waals surface area (Å²) in [6, 6.07) is 6.43. The highest BCUT2D eigenvalue weighted by Crippen LogP contribution is 2.37. The molecule has 2 saturated heterocycles. The number of fused-ring (bicyclic) bond motifs is 2. The summed E-state index contributed by atoms with van der Waals surface area (Å²) in [6.07, 6.45) is 0.851. The molecule has 0 radical (unpaired) electrons. The van der Waals surface area contributed by atoms with Crippen molar-refractivity contribution in [3.63, 3.8) is 0 Å². The molecule has 2 fully saturated rings. The molecule has 0 saturated carbocycles. The van der Waals surface area contributed by atoms with Gasteiger partial charge in [-0.25, -0.2) is 14.1 Å². The van der Waals surface area contributed by atoms with Gasteiger partial charge in [0.1, 0.15) is 23.6 Å². The molecule has 1 aromatic carbocycles. The number of benzene rings is 1. The van der Waals surface area contributed by atoms with Gasteiger partial charge in [-0.3, -0.25) is 14.4 Å².